The van der Waals surface area contributed by atoms with E-state index in [0.29, 0.717) is 23.1 Å². The van der Waals surface area contributed by atoms with E-state index in [1.54, 1.807) is 18.2 Å². The zero-order valence-corrected chi connectivity index (χ0v) is 17.4. The van der Waals surface area contributed by atoms with E-state index in [1.807, 2.05) is 48.7 Å². The summed E-state index contributed by atoms with van der Waals surface area (Å²) in [5.41, 5.74) is 3.19. The van der Waals surface area contributed by atoms with Crippen LogP contribution >= 0.6 is 0 Å². The van der Waals surface area contributed by atoms with Crippen LogP contribution in [0.3, 0.4) is 0 Å². The first-order chi connectivity index (χ1) is 14.9. The number of carboxylic acid groups (broad SMARTS) is 1. The molecule has 4 aromatic rings. The van der Waals surface area contributed by atoms with Gasteiger partial charge in [-0.1, -0.05) is 56.3 Å². The van der Waals surface area contributed by atoms with Gasteiger partial charge >= 0.3 is 5.97 Å². The highest BCUT2D eigenvalue weighted by Crippen LogP contribution is 2.27. The Balaban J connectivity index is 1.76. The van der Waals surface area contributed by atoms with Crippen LogP contribution in [-0.2, 0) is 6.54 Å². The van der Waals surface area contributed by atoms with Gasteiger partial charge in [0.05, 0.1) is 12.7 Å². The Morgan fingerprint density at radius 3 is 2.52 bits per heavy atom. The Labute approximate surface area is 178 Å². The van der Waals surface area contributed by atoms with Crippen LogP contribution in [0, 0.1) is 0 Å². The maximum Gasteiger partial charge on any atom is 0.336 e. The average molecular weight is 418 g/mol. The van der Waals surface area contributed by atoms with Gasteiger partial charge in [0, 0.05) is 12.5 Å². The number of imidazole rings is 1. The van der Waals surface area contributed by atoms with Crippen molar-refractivity contribution in [1.82, 2.24) is 19.7 Å². The Hall–Kier alpha value is -3.94. The van der Waals surface area contributed by atoms with E-state index in [0.717, 1.165) is 17.0 Å². The number of hydrogen-bond acceptors (Lipinski definition) is 5. The van der Waals surface area contributed by atoms with Crippen molar-refractivity contribution in [2.24, 2.45) is 0 Å². The highest BCUT2D eigenvalue weighted by molar-refractivity contribution is 5.96. The fourth-order valence-electron chi connectivity index (χ4n) is 3.69. The largest absolute Gasteiger partial charge is 0.478 e. The summed E-state index contributed by atoms with van der Waals surface area (Å²) in [4.78, 5) is 28.7. The lowest BCUT2D eigenvalue weighted by atomic mass is 9.98. The lowest BCUT2D eigenvalue weighted by Crippen LogP contribution is -2.15. The van der Waals surface area contributed by atoms with Gasteiger partial charge in [0.1, 0.15) is 11.3 Å². The average Bonchev–Trinajstić information content (AvgIpc) is 3.15. The van der Waals surface area contributed by atoms with E-state index in [2.05, 4.69) is 15.2 Å². The number of hydrogen-bond donors (Lipinski definition) is 2. The molecule has 0 bridgehead atoms. The fourth-order valence-corrected chi connectivity index (χ4v) is 3.69. The highest BCUT2D eigenvalue weighted by atomic mass is 16.5. The van der Waals surface area contributed by atoms with Gasteiger partial charge in [-0.3, -0.25) is 4.79 Å². The number of nitrogens with zero attached hydrogens (tertiary/aromatic N) is 3. The van der Waals surface area contributed by atoms with Crippen molar-refractivity contribution in [3.05, 3.63) is 75.8 Å². The Morgan fingerprint density at radius 1 is 1.16 bits per heavy atom. The summed E-state index contributed by atoms with van der Waals surface area (Å²) in [6.07, 6.45) is 0. The number of rotatable bonds is 6. The number of aromatic nitrogens is 4. The van der Waals surface area contributed by atoms with Gasteiger partial charge < -0.3 is 14.4 Å². The molecular weight excluding hydrogens is 396 g/mol. The predicted molar refractivity (Wildman–Crippen MR) is 117 cm³/mol. The molecule has 0 saturated heterocycles. The molecule has 0 unspecified atom stereocenters. The van der Waals surface area contributed by atoms with Crippen molar-refractivity contribution in [3.8, 4) is 17.0 Å². The van der Waals surface area contributed by atoms with Crippen molar-refractivity contribution in [2.75, 3.05) is 7.11 Å². The minimum absolute atomic E-state index is 0.0817. The van der Waals surface area contributed by atoms with Crippen LogP contribution in [0.15, 0.2) is 53.3 Å². The second-order valence-electron chi connectivity index (χ2n) is 7.52. The molecule has 0 amide bonds. The van der Waals surface area contributed by atoms with Crippen LogP contribution in [0.4, 0.5) is 0 Å². The molecule has 0 aliphatic heterocycles. The predicted octanol–water partition coefficient (Wildman–Crippen LogP) is 3.67. The summed E-state index contributed by atoms with van der Waals surface area (Å²) < 4.78 is 7.15. The lowest BCUT2D eigenvalue weighted by molar-refractivity contribution is 0.0697. The van der Waals surface area contributed by atoms with Crippen LogP contribution in [0.5, 0.6) is 5.88 Å². The fraction of sp³-hybridized carbons (Fsp3) is 0.217. The van der Waals surface area contributed by atoms with Crippen molar-refractivity contribution < 1.29 is 14.6 Å². The van der Waals surface area contributed by atoms with Crippen molar-refractivity contribution in [3.63, 3.8) is 0 Å². The molecule has 2 N–H and O–H groups in total. The Kier molecular flexibility index (Phi) is 5.29. The number of benzene rings is 2. The number of fused-ring (bicyclic) bond motifs is 1. The third-order valence-corrected chi connectivity index (χ3v) is 5.15. The first kappa shape index (κ1) is 20.3. The summed E-state index contributed by atoms with van der Waals surface area (Å²) in [7, 11) is 1.49. The van der Waals surface area contributed by atoms with Crippen LogP contribution in [0.2, 0.25) is 0 Å². The number of ether oxygens (including phenoxy) is 1. The Morgan fingerprint density at radius 2 is 1.87 bits per heavy atom. The lowest BCUT2D eigenvalue weighted by Gasteiger charge is -2.12. The summed E-state index contributed by atoms with van der Waals surface area (Å²) in [6.45, 7) is 4.45. The second kappa shape index (κ2) is 8.06. The standard InChI is InChI=1S/C23H22N4O4/c1-13(2)20-24-18-19(21(28)25-26-22(18)31-3)27(20)12-14-8-10-15(11-9-14)16-6-4-5-7-17(16)23(29)30/h4-11,13H,12H2,1-3H3,(H,25,28)(H,29,30). The molecule has 0 saturated carbocycles. The number of aromatic amines is 1. The van der Waals surface area contributed by atoms with Crippen LogP contribution in [0.1, 0.15) is 41.5 Å². The smallest absolute Gasteiger partial charge is 0.336 e. The first-order valence-electron chi connectivity index (χ1n) is 9.85. The molecule has 8 heteroatoms. The summed E-state index contributed by atoms with van der Waals surface area (Å²) in [5, 5.41) is 15.8. The van der Waals surface area contributed by atoms with Crippen molar-refractivity contribution in [1.29, 1.82) is 0 Å². The van der Waals surface area contributed by atoms with Gasteiger partial charge in [-0.25, -0.2) is 14.9 Å². The minimum Gasteiger partial charge on any atom is -0.478 e. The van der Waals surface area contributed by atoms with Gasteiger partial charge in [-0.15, -0.1) is 5.10 Å². The quantitative estimate of drug-likeness (QED) is 0.494. The molecule has 4 rings (SSSR count). The first-order valence-corrected chi connectivity index (χ1v) is 9.85. The summed E-state index contributed by atoms with van der Waals surface area (Å²) >= 11 is 0. The highest BCUT2D eigenvalue weighted by Gasteiger charge is 2.20. The molecule has 0 atom stereocenters. The molecule has 0 aliphatic rings. The molecule has 158 valence electrons. The molecule has 2 heterocycles. The number of carboxylic acids is 1. The van der Waals surface area contributed by atoms with E-state index in [-0.39, 0.29) is 22.9 Å². The molecule has 2 aromatic heterocycles. The van der Waals surface area contributed by atoms with E-state index in [1.165, 1.54) is 7.11 Å². The third kappa shape index (κ3) is 3.68. The normalized spacial score (nSPS) is 11.2. The molecule has 0 spiro atoms. The third-order valence-electron chi connectivity index (χ3n) is 5.15. The van der Waals surface area contributed by atoms with E-state index in [9.17, 15) is 14.7 Å². The van der Waals surface area contributed by atoms with Crippen molar-refractivity contribution in [2.45, 2.75) is 26.3 Å². The topological polar surface area (TPSA) is 110 Å². The van der Waals surface area contributed by atoms with Crippen molar-refractivity contribution >= 4 is 17.0 Å². The van der Waals surface area contributed by atoms with E-state index in [4.69, 9.17) is 4.74 Å². The maximum absolute atomic E-state index is 12.5. The van der Waals surface area contributed by atoms with Crippen LogP contribution in [0.25, 0.3) is 22.2 Å². The minimum atomic E-state index is -0.965. The monoisotopic (exact) mass is 418 g/mol. The molecule has 0 fully saturated rings. The van der Waals surface area contributed by atoms with Gasteiger partial charge in [0.25, 0.3) is 11.4 Å². The zero-order valence-electron chi connectivity index (χ0n) is 17.4. The van der Waals surface area contributed by atoms with Gasteiger partial charge in [-0.05, 0) is 22.8 Å². The molecule has 31 heavy (non-hydrogen) atoms. The number of aromatic carboxylic acids is 1. The van der Waals surface area contributed by atoms with Crippen LogP contribution < -0.4 is 10.3 Å². The molecule has 2 aromatic carbocycles. The maximum atomic E-state index is 12.5. The SMILES string of the molecule is COc1n[nH]c(=O)c2c1nc(C(C)C)n2Cc1ccc(-c2ccccc2C(=O)O)cc1. The number of carbonyl (C=O) groups is 1. The van der Waals surface area contributed by atoms with Crippen LogP contribution in [-0.4, -0.2) is 37.9 Å². The van der Waals surface area contributed by atoms with Gasteiger partial charge in [0.15, 0.2) is 5.52 Å². The number of nitrogens with one attached hydrogen (secondary N) is 1. The second-order valence-corrected chi connectivity index (χ2v) is 7.52. The number of methoxy groups -OCH3 is 1. The molecule has 0 radical (unpaired) electrons. The molecule has 8 nitrogen and oxygen atoms in total. The molecule has 0 aliphatic carbocycles. The summed E-state index contributed by atoms with van der Waals surface area (Å²) in [6, 6.07) is 14.5. The summed E-state index contributed by atoms with van der Waals surface area (Å²) in [5.74, 6) is 0.147. The van der Waals surface area contributed by atoms with Gasteiger partial charge in [0.2, 0.25) is 0 Å². The number of H-pyrrole nitrogens is 1. The zero-order chi connectivity index (χ0) is 22.1. The van der Waals surface area contributed by atoms with E-state index >= 15 is 0 Å². The van der Waals surface area contributed by atoms with E-state index < -0.39 is 5.97 Å². The van der Waals surface area contributed by atoms with Gasteiger partial charge in [-0.2, -0.15) is 0 Å². The molecular formula is C23H22N4O4. The Bertz CT molecular complexity index is 1320.